The van der Waals surface area contributed by atoms with Crippen LogP contribution in [0.2, 0.25) is 0 Å². The topological polar surface area (TPSA) is 64.5 Å². The Labute approximate surface area is 179 Å². The lowest BCUT2D eigenvalue weighted by atomic mass is 10.2. The van der Waals surface area contributed by atoms with Crippen LogP contribution in [0.15, 0.2) is 65.0 Å². The molecule has 1 aromatic heterocycles. The summed E-state index contributed by atoms with van der Waals surface area (Å²) < 4.78 is 0.872. The average Bonchev–Trinajstić information content (AvgIpc) is 3.21. The molecule has 6 nitrogen and oxygen atoms in total. The van der Waals surface area contributed by atoms with Crippen LogP contribution in [-0.4, -0.2) is 64.8 Å². The fraction of sp³-hybridized carbons (Fsp3) is 0.333. The molecule has 0 radical (unpaired) electrons. The van der Waals surface area contributed by atoms with Gasteiger partial charge in [0.15, 0.2) is 4.34 Å². The highest BCUT2D eigenvalue weighted by molar-refractivity contribution is 8.01. The quantitative estimate of drug-likeness (QED) is 0.533. The minimum atomic E-state index is -0.377. The van der Waals surface area contributed by atoms with Gasteiger partial charge in [-0.15, -0.1) is 10.2 Å². The van der Waals surface area contributed by atoms with Crippen molar-refractivity contribution in [3.05, 3.63) is 60.7 Å². The molecule has 0 amide bonds. The number of hydrogen-bond donors (Lipinski definition) is 2. The van der Waals surface area contributed by atoms with Crippen LogP contribution in [0, 0.1) is 0 Å². The van der Waals surface area contributed by atoms with Gasteiger partial charge in [-0.3, -0.25) is 4.90 Å². The molecule has 0 aliphatic carbocycles. The second-order valence-corrected chi connectivity index (χ2v) is 9.20. The van der Waals surface area contributed by atoms with Crippen molar-refractivity contribution in [2.75, 3.05) is 48.7 Å². The van der Waals surface area contributed by atoms with Gasteiger partial charge in [-0.1, -0.05) is 59.5 Å². The zero-order chi connectivity index (χ0) is 19.9. The van der Waals surface area contributed by atoms with Gasteiger partial charge in [-0.2, -0.15) is 0 Å². The number of anilines is 3. The number of thioether (sulfide) groups is 1. The predicted molar refractivity (Wildman–Crippen MR) is 121 cm³/mol. The summed E-state index contributed by atoms with van der Waals surface area (Å²) in [6.07, 6.45) is -0.377. The van der Waals surface area contributed by atoms with Crippen LogP contribution in [0.1, 0.15) is 0 Å². The molecule has 1 aliphatic rings. The van der Waals surface area contributed by atoms with Crippen molar-refractivity contribution in [1.82, 2.24) is 15.1 Å². The van der Waals surface area contributed by atoms with Crippen molar-refractivity contribution in [3.63, 3.8) is 0 Å². The molecular weight excluding hydrogens is 402 g/mol. The third kappa shape index (κ3) is 5.93. The van der Waals surface area contributed by atoms with Gasteiger partial charge in [0.05, 0.1) is 6.10 Å². The zero-order valence-electron chi connectivity index (χ0n) is 16.1. The second kappa shape index (κ2) is 10.1. The van der Waals surface area contributed by atoms with Gasteiger partial charge in [0.25, 0.3) is 0 Å². The Bertz CT molecular complexity index is 869. The van der Waals surface area contributed by atoms with Gasteiger partial charge >= 0.3 is 0 Å². The molecule has 1 aliphatic heterocycles. The Morgan fingerprint density at radius 2 is 1.66 bits per heavy atom. The smallest absolute Gasteiger partial charge is 0.210 e. The van der Waals surface area contributed by atoms with E-state index in [0.717, 1.165) is 41.3 Å². The minimum absolute atomic E-state index is 0.377. The standard InChI is InChI=1S/C21H25N5OS2/c27-19(15-25-11-13-26(14-12-25)18-9-5-2-6-10-18)16-28-21-24-23-20(29-21)22-17-7-3-1-4-8-17/h1-10,19,27H,11-16H2,(H,22,23). The first-order valence-electron chi connectivity index (χ1n) is 9.75. The molecule has 3 aromatic rings. The molecule has 152 valence electrons. The summed E-state index contributed by atoms with van der Waals surface area (Å²) in [6, 6.07) is 20.5. The van der Waals surface area contributed by atoms with Gasteiger partial charge < -0.3 is 15.3 Å². The number of aliphatic hydroxyl groups is 1. The van der Waals surface area contributed by atoms with Crippen LogP contribution >= 0.6 is 23.1 Å². The molecule has 8 heteroatoms. The predicted octanol–water partition coefficient (Wildman–Crippen LogP) is 3.56. The van der Waals surface area contributed by atoms with E-state index in [2.05, 4.69) is 49.6 Å². The van der Waals surface area contributed by atoms with Crippen LogP contribution in [-0.2, 0) is 0 Å². The fourth-order valence-electron chi connectivity index (χ4n) is 3.31. The first-order valence-corrected chi connectivity index (χ1v) is 11.6. The van der Waals surface area contributed by atoms with Crippen LogP contribution in [0.4, 0.5) is 16.5 Å². The highest BCUT2D eigenvalue weighted by Crippen LogP contribution is 2.28. The normalized spacial score (nSPS) is 16.0. The fourth-order valence-corrected chi connectivity index (χ4v) is 5.02. The Morgan fingerprint density at radius 1 is 0.966 bits per heavy atom. The summed E-state index contributed by atoms with van der Waals surface area (Å²) >= 11 is 3.08. The molecule has 2 aromatic carbocycles. The highest BCUT2D eigenvalue weighted by atomic mass is 32.2. The Balaban J connectivity index is 1.18. The molecule has 4 rings (SSSR count). The highest BCUT2D eigenvalue weighted by Gasteiger charge is 2.20. The monoisotopic (exact) mass is 427 g/mol. The maximum atomic E-state index is 10.5. The summed E-state index contributed by atoms with van der Waals surface area (Å²) in [4.78, 5) is 4.74. The number of hydrogen-bond acceptors (Lipinski definition) is 8. The van der Waals surface area contributed by atoms with E-state index in [9.17, 15) is 5.11 Å². The van der Waals surface area contributed by atoms with Crippen LogP contribution in [0.25, 0.3) is 0 Å². The molecule has 2 heterocycles. The first-order chi connectivity index (χ1) is 14.3. The van der Waals surface area contributed by atoms with E-state index in [-0.39, 0.29) is 6.10 Å². The number of nitrogens with one attached hydrogen (secondary N) is 1. The van der Waals surface area contributed by atoms with Gasteiger partial charge in [0, 0.05) is 49.9 Å². The number of aromatic nitrogens is 2. The number of para-hydroxylation sites is 2. The lowest BCUT2D eigenvalue weighted by Gasteiger charge is -2.36. The molecule has 1 unspecified atom stereocenters. The molecule has 0 saturated carbocycles. The van der Waals surface area contributed by atoms with Gasteiger partial charge in [0.2, 0.25) is 5.13 Å². The van der Waals surface area contributed by atoms with Gasteiger partial charge in [-0.25, -0.2) is 0 Å². The number of piperazine rings is 1. The molecular formula is C21H25N5OS2. The molecule has 1 fully saturated rings. The van der Waals surface area contributed by atoms with Crippen molar-refractivity contribution in [2.24, 2.45) is 0 Å². The molecule has 0 spiro atoms. The summed E-state index contributed by atoms with van der Waals surface area (Å²) in [5, 5.41) is 22.9. The Hall–Kier alpha value is -2.13. The SMILES string of the molecule is OC(CSc1nnc(Nc2ccccc2)s1)CN1CCN(c2ccccc2)CC1. The lowest BCUT2D eigenvalue weighted by molar-refractivity contribution is 0.126. The number of nitrogens with zero attached hydrogens (tertiary/aromatic N) is 4. The summed E-state index contributed by atoms with van der Waals surface area (Å²) in [5.74, 6) is 0.624. The van der Waals surface area contributed by atoms with E-state index in [1.165, 1.54) is 17.0 Å². The van der Waals surface area contributed by atoms with E-state index in [1.54, 1.807) is 11.8 Å². The van der Waals surface area contributed by atoms with Gasteiger partial charge in [0.1, 0.15) is 0 Å². The Morgan fingerprint density at radius 3 is 2.38 bits per heavy atom. The summed E-state index contributed by atoms with van der Waals surface area (Å²) in [7, 11) is 0. The third-order valence-electron chi connectivity index (χ3n) is 4.79. The average molecular weight is 428 g/mol. The van der Waals surface area contributed by atoms with Gasteiger partial charge in [-0.05, 0) is 24.3 Å². The largest absolute Gasteiger partial charge is 0.391 e. The first kappa shape index (κ1) is 20.2. The van der Waals surface area contributed by atoms with Crippen LogP contribution < -0.4 is 10.2 Å². The Kier molecular flexibility index (Phi) is 7.00. The number of benzene rings is 2. The third-order valence-corrected chi connectivity index (χ3v) is 6.91. The molecule has 1 atom stereocenters. The zero-order valence-corrected chi connectivity index (χ0v) is 17.8. The summed E-state index contributed by atoms with van der Waals surface area (Å²) in [6.45, 7) is 4.63. The van der Waals surface area contributed by atoms with Crippen molar-refractivity contribution < 1.29 is 5.11 Å². The van der Waals surface area contributed by atoms with E-state index < -0.39 is 0 Å². The number of rotatable bonds is 8. The molecule has 2 N–H and O–H groups in total. The maximum Gasteiger partial charge on any atom is 0.210 e. The minimum Gasteiger partial charge on any atom is -0.391 e. The lowest BCUT2D eigenvalue weighted by Crippen LogP contribution is -2.48. The summed E-state index contributed by atoms with van der Waals surface area (Å²) in [5.41, 5.74) is 2.27. The van der Waals surface area contributed by atoms with Crippen LogP contribution in [0.5, 0.6) is 0 Å². The number of aliphatic hydroxyl groups excluding tert-OH is 1. The van der Waals surface area contributed by atoms with E-state index in [1.807, 2.05) is 36.4 Å². The number of β-amino-alcohol motifs (C(OH)–C–C–N with tert-alkyl or cyclic N) is 1. The van der Waals surface area contributed by atoms with E-state index in [4.69, 9.17) is 0 Å². The second-order valence-electron chi connectivity index (χ2n) is 6.95. The molecule has 1 saturated heterocycles. The van der Waals surface area contributed by atoms with Crippen LogP contribution in [0.3, 0.4) is 0 Å². The van der Waals surface area contributed by atoms with Crippen molar-refractivity contribution in [2.45, 2.75) is 10.4 Å². The van der Waals surface area contributed by atoms with E-state index in [0.29, 0.717) is 12.3 Å². The van der Waals surface area contributed by atoms with Crippen molar-refractivity contribution >= 4 is 39.6 Å². The van der Waals surface area contributed by atoms with Crippen molar-refractivity contribution in [3.8, 4) is 0 Å². The van der Waals surface area contributed by atoms with Crippen molar-refractivity contribution in [1.29, 1.82) is 0 Å². The molecule has 0 bridgehead atoms. The molecule has 29 heavy (non-hydrogen) atoms. The maximum absolute atomic E-state index is 10.5. The van der Waals surface area contributed by atoms with E-state index >= 15 is 0 Å².